The highest BCUT2D eigenvalue weighted by molar-refractivity contribution is 5.91. The molecule has 4 N–H and O–H groups in total. The van der Waals surface area contributed by atoms with Crippen molar-refractivity contribution in [3.05, 3.63) is 11.9 Å². The molecule has 1 heterocycles. The third-order valence-electron chi connectivity index (χ3n) is 2.26. The van der Waals surface area contributed by atoms with E-state index >= 15 is 0 Å². The molecule has 0 aliphatic rings. The van der Waals surface area contributed by atoms with Gasteiger partial charge in [-0.05, 0) is 5.92 Å². The predicted molar refractivity (Wildman–Crippen MR) is 62.8 cm³/mol. The molecule has 0 bridgehead atoms. The van der Waals surface area contributed by atoms with Gasteiger partial charge in [0, 0.05) is 19.5 Å². The molecular formula is C10H17N5O3. The minimum absolute atomic E-state index is 0.0140. The lowest BCUT2D eigenvalue weighted by Gasteiger charge is -2.08. The molecule has 1 aromatic heterocycles. The fourth-order valence-electron chi connectivity index (χ4n) is 1.37. The molecule has 1 amide bonds. The van der Waals surface area contributed by atoms with Crippen LogP contribution < -0.4 is 11.1 Å². The van der Waals surface area contributed by atoms with E-state index in [-0.39, 0.29) is 30.5 Å². The van der Waals surface area contributed by atoms with Crippen LogP contribution in [0.3, 0.4) is 0 Å². The van der Waals surface area contributed by atoms with Gasteiger partial charge in [0.25, 0.3) is 5.91 Å². The zero-order chi connectivity index (χ0) is 13.5. The van der Waals surface area contributed by atoms with Crippen molar-refractivity contribution < 1.29 is 14.7 Å². The fraction of sp³-hybridized carbons (Fsp3) is 0.600. The van der Waals surface area contributed by atoms with Gasteiger partial charge in [-0.3, -0.25) is 14.3 Å². The SMILES string of the molecule is CC(CNC(=O)c1cn(CCN)nn1)CC(=O)O. The molecule has 1 unspecified atom stereocenters. The maximum absolute atomic E-state index is 11.6. The van der Waals surface area contributed by atoms with Crippen LogP contribution in [0.2, 0.25) is 0 Å². The second-order valence-corrected chi connectivity index (χ2v) is 4.07. The van der Waals surface area contributed by atoms with E-state index in [4.69, 9.17) is 10.8 Å². The summed E-state index contributed by atoms with van der Waals surface area (Å²) in [6, 6.07) is 0. The van der Waals surface area contributed by atoms with E-state index in [1.165, 1.54) is 10.9 Å². The van der Waals surface area contributed by atoms with Gasteiger partial charge in [-0.25, -0.2) is 0 Å². The maximum atomic E-state index is 11.6. The van der Waals surface area contributed by atoms with Crippen molar-refractivity contribution in [1.29, 1.82) is 0 Å². The van der Waals surface area contributed by atoms with E-state index in [0.29, 0.717) is 13.1 Å². The molecule has 0 aliphatic heterocycles. The Morgan fingerprint density at radius 3 is 2.94 bits per heavy atom. The summed E-state index contributed by atoms with van der Waals surface area (Å²) >= 11 is 0. The molecule has 1 atom stereocenters. The number of aromatic nitrogens is 3. The molecular weight excluding hydrogens is 238 g/mol. The Morgan fingerprint density at radius 2 is 2.33 bits per heavy atom. The van der Waals surface area contributed by atoms with Gasteiger partial charge < -0.3 is 16.2 Å². The Labute approximate surface area is 104 Å². The zero-order valence-corrected chi connectivity index (χ0v) is 10.2. The number of nitrogens with two attached hydrogens (primary N) is 1. The van der Waals surface area contributed by atoms with Crippen LogP contribution >= 0.6 is 0 Å². The third-order valence-corrected chi connectivity index (χ3v) is 2.26. The summed E-state index contributed by atoms with van der Waals surface area (Å²) < 4.78 is 1.48. The first kappa shape index (κ1) is 14.1. The van der Waals surface area contributed by atoms with E-state index in [0.717, 1.165) is 0 Å². The molecule has 0 fully saturated rings. The van der Waals surface area contributed by atoms with Crippen LogP contribution in [0.4, 0.5) is 0 Å². The van der Waals surface area contributed by atoms with E-state index in [1.807, 2.05) is 0 Å². The average Bonchev–Trinajstić information content (AvgIpc) is 2.74. The molecule has 0 saturated carbocycles. The zero-order valence-electron chi connectivity index (χ0n) is 10.2. The van der Waals surface area contributed by atoms with Gasteiger partial charge in [-0.15, -0.1) is 5.10 Å². The monoisotopic (exact) mass is 255 g/mol. The number of carboxylic acid groups (broad SMARTS) is 1. The largest absolute Gasteiger partial charge is 0.481 e. The Bertz CT molecular complexity index is 417. The lowest BCUT2D eigenvalue weighted by atomic mass is 10.1. The first-order valence-corrected chi connectivity index (χ1v) is 5.63. The Balaban J connectivity index is 2.42. The van der Waals surface area contributed by atoms with Crippen LogP contribution in [0.1, 0.15) is 23.8 Å². The molecule has 0 saturated heterocycles. The molecule has 1 aromatic rings. The van der Waals surface area contributed by atoms with Crippen molar-refractivity contribution >= 4 is 11.9 Å². The predicted octanol–water partition coefficient (Wildman–Crippen LogP) is -0.923. The lowest BCUT2D eigenvalue weighted by molar-refractivity contribution is -0.137. The number of hydrogen-bond acceptors (Lipinski definition) is 5. The summed E-state index contributed by atoms with van der Waals surface area (Å²) in [6.07, 6.45) is 1.52. The quantitative estimate of drug-likeness (QED) is 0.579. The minimum Gasteiger partial charge on any atom is -0.481 e. The molecule has 8 nitrogen and oxygen atoms in total. The van der Waals surface area contributed by atoms with Crippen molar-refractivity contribution in [2.75, 3.05) is 13.1 Å². The van der Waals surface area contributed by atoms with Crippen LogP contribution in [0.5, 0.6) is 0 Å². The number of carbonyl (C=O) groups excluding carboxylic acids is 1. The molecule has 0 radical (unpaired) electrons. The van der Waals surface area contributed by atoms with Gasteiger partial charge in [0.1, 0.15) is 0 Å². The van der Waals surface area contributed by atoms with Crippen molar-refractivity contribution in [3.63, 3.8) is 0 Å². The smallest absolute Gasteiger partial charge is 0.303 e. The van der Waals surface area contributed by atoms with Gasteiger partial charge in [0.15, 0.2) is 5.69 Å². The highest BCUT2D eigenvalue weighted by Crippen LogP contribution is 2.00. The molecule has 1 rings (SSSR count). The summed E-state index contributed by atoms with van der Waals surface area (Å²) in [5.41, 5.74) is 5.55. The molecule has 0 aromatic carbocycles. The number of carbonyl (C=O) groups is 2. The number of carboxylic acids is 1. The van der Waals surface area contributed by atoms with Crippen LogP contribution in [-0.4, -0.2) is 45.1 Å². The topological polar surface area (TPSA) is 123 Å². The van der Waals surface area contributed by atoms with Crippen LogP contribution in [-0.2, 0) is 11.3 Å². The molecule has 0 aliphatic carbocycles. The van der Waals surface area contributed by atoms with E-state index in [9.17, 15) is 9.59 Å². The Kier molecular flexibility index (Phi) is 5.25. The van der Waals surface area contributed by atoms with Gasteiger partial charge in [0.05, 0.1) is 12.7 Å². The van der Waals surface area contributed by atoms with Crippen molar-refractivity contribution in [1.82, 2.24) is 20.3 Å². The standard InChI is InChI=1S/C10H17N5O3/c1-7(4-9(16)17)5-12-10(18)8-6-15(3-2-11)14-13-8/h6-7H,2-5,11H2,1H3,(H,12,18)(H,16,17). The normalized spacial score (nSPS) is 12.1. The molecule has 100 valence electrons. The summed E-state index contributed by atoms with van der Waals surface area (Å²) in [6.45, 7) is 2.95. The number of amides is 1. The van der Waals surface area contributed by atoms with Crippen molar-refractivity contribution in [3.8, 4) is 0 Å². The maximum Gasteiger partial charge on any atom is 0.303 e. The van der Waals surface area contributed by atoms with Crippen molar-refractivity contribution in [2.45, 2.75) is 19.9 Å². The Hall–Kier alpha value is -1.96. The van der Waals surface area contributed by atoms with Crippen molar-refractivity contribution in [2.24, 2.45) is 11.7 Å². The molecule has 18 heavy (non-hydrogen) atoms. The lowest BCUT2D eigenvalue weighted by Crippen LogP contribution is -2.29. The van der Waals surface area contributed by atoms with Crippen LogP contribution in [0.15, 0.2) is 6.20 Å². The average molecular weight is 255 g/mol. The third kappa shape index (κ3) is 4.50. The Morgan fingerprint density at radius 1 is 1.61 bits per heavy atom. The summed E-state index contributed by atoms with van der Waals surface area (Å²) in [5.74, 6) is -1.38. The van der Waals surface area contributed by atoms with Crippen LogP contribution in [0.25, 0.3) is 0 Å². The molecule has 8 heteroatoms. The summed E-state index contributed by atoms with van der Waals surface area (Å²) in [7, 11) is 0. The van der Waals surface area contributed by atoms with Gasteiger partial charge in [-0.2, -0.15) is 0 Å². The van der Waals surface area contributed by atoms with Gasteiger partial charge >= 0.3 is 5.97 Å². The van der Waals surface area contributed by atoms with Gasteiger partial charge in [0.2, 0.25) is 0 Å². The number of rotatable bonds is 7. The second kappa shape index (κ2) is 6.70. The van der Waals surface area contributed by atoms with Crippen LogP contribution in [0, 0.1) is 5.92 Å². The summed E-state index contributed by atoms with van der Waals surface area (Å²) in [5, 5.41) is 18.6. The van der Waals surface area contributed by atoms with E-state index in [2.05, 4.69) is 15.6 Å². The second-order valence-electron chi connectivity index (χ2n) is 4.07. The molecule has 0 spiro atoms. The van der Waals surface area contributed by atoms with E-state index in [1.54, 1.807) is 6.92 Å². The summed E-state index contributed by atoms with van der Waals surface area (Å²) in [4.78, 5) is 22.1. The van der Waals surface area contributed by atoms with E-state index < -0.39 is 5.97 Å². The van der Waals surface area contributed by atoms with Gasteiger partial charge in [-0.1, -0.05) is 12.1 Å². The highest BCUT2D eigenvalue weighted by atomic mass is 16.4. The number of hydrogen-bond donors (Lipinski definition) is 3. The number of nitrogens with zero attached hydrogens (tertiary/aromatic N) is 3. The highest BCUT2D eigenvalue weighted by Gasteiger charge is 2.13. The first-order valence-electron chi connectivity index (χ1n) is 5.63. The number of aliphatic carboxylic acids is 1. The fourth-order valence-corrected chi connectivity index (χ4v) is 1.37. The number of nitrogens with one attached hydrogen (secondary N) is 1. The minimum atomic E-state index is -0.884. The first-order chi connectivity index (χ1) is 8.52.